The standard InChI is InChI=1S/C21H23NO2/c1-14-10-15(2)21(24)17(11-14)12-22(3)13-19-18-7-5-4-6-16(18)8-9-20(19)23/h4-11,23-24H,12-13H2,1-3H3. The van der Waals surface area contributed by atoms with Gasteiger partial charge in [-0.15, -0.1) is 0 Å². The third-order valence-corrected chi connectivity index (χ3v) is 4.41. The van der Waals surface area contributed by atoms with Gasteiger partial charge in [-0.1, -0.05) is 48.0 Å². The molecule has 0 amide bonds. The van der Waals surface area contributed by atoms with Gasteiger partial charge in [0, 0.05) is 24.2 Å². The van der Waals surface area contributed by atoms with Crippen LogP contribution in [-0.4, -0.2) is 22.2 Å². The Morgan fingerprint density at radius 2 is 1.67 bits per heavy atom. The molecule has 0 saturated carbocycles. The van der Waals surface area contributed by atoms with E-state index >= 15 is 0 Å². The molecular formula is C21H23NO2. The highest BCUT2D eigenvalue weighted by molar-refractivity contribution is 5.87. The first-order valence-corrected chi connectivity index (χ1v) is 8.13. The fourth-order valence-corrected chi connectivity index (χ4v) is 3.28. The molecule has 0 spiro atoms. The van der Waals surface area contributed by atoms with Crippen LogP contribution in [0.1, 0.15) is 22.3 Å². The van der Waals surface area contributed by atoms with E-state index in [1.54, 1.807) is 6.07 Å². The van der Waals surface area contributed by atoms with Crippen molar-refractivity contribution in [2.24, 2.45) is 0 Å². The predicted molar refractivity (Wildman–Crippen MR) is 98.4 cm³/mol. The lowest BCUT2D eigenvalue weighted by atomic mass is 10.0. The molecule has 0 aliphatic heterocycles. The maximum absolute atomic E-state index is 10.3. The van der Waals surface area contributed by atoms with Gasteiger partial charge in [-0.2, -0.15) is 0 Å². The summed E-state index contributed by atoms with van der Waals surface area (Å²) in [7, 11) is 2.00. The van der Waals surface area contributed by atoms with Crippen LogP contribution >= 0.6 is 0 Å². The number of rotatable bonds is 4. The average molecular weight is 321 g/mol. The Hall–Kier alpha value is -2.52. The number of phenols is 2. The second-order valence-electron chi connectivity index (χ2n) is 6.55. The quantitative estimate of drug-likeness (QED) is 0.743. The Balaban J connectivity index is 1.88. The van der Waals surface area contributed by atoms with Crippen molar-refractivity contribution in [3.05, 3.63) is 70.8 Å². The summed E-state index contributed by atoms with van der Waals surface area (Å²) < 4.78 is 0. The van der Waals surface area contributed by atoms with E-state index in [1.165, 1.54) is 0 Å². The molecule has 3 rings (SSSR count). The second kappa shape index (κ2) is 6.54. The molecule has 0 saturated heterocycles. The minimum atomic E-state index is 0.310. The zero-order valence-corrected chi connectivity index (χ0v) is 14.4. The molecule has 0 fully saturated rings. The van der Waals surface area contributed by atoms with Gasteiger partial charge in [0.1, 0.15) is 11.5 Å². The third kappa shape index (κ3) is 3.22. The lowest BCUT2D eigenvalue weighted by molar-refractivity contribution is 0.308. The highest BCUT2D eigenvalue weighted by atomic mass is 16.3. The van der Waals surface area contributed by atoms with E-state index in [0.717, 1.165) is 33.0 Å². The number of aromatic hydroxyl groups is 2. The van der Waals surface area contributed by atoms with Crippen LogP contribution in [0.3, 0.4) is 0 Å². The molecule has 0 unspecified atom stereocenters. The summed E-state index contributed by atoms with van der Waals surface area (Å²) >= 11 is 0. The number of benzene rings is 3. The third-order valence-electron chi connectivity index (χ3n) is 4.41. The number of hydrogen-bond acceptors (Lipinski definition) is 3. The van der Waals surface area contributed by atoms with E-state index < -0.39 is 0 Å². The number of hydrogen-bond donors (Lipinski definition) is 2. The van der Waals surface area contributed by atoms with Gasteiger partial charge in [0.05, 0.1) is 0 Å². The number of fused-ring (bicyclic) bond motifs is 1. The zero-order chi connectivity index (χ0) is 17.3. The normalized spacial score (nSPS) is 11.3. The minimum absolute atomic E-state index is 0.310. The minimum Gasteiger partial charge on any atom is -0.508 e. The fourth-order valence-electron chi connectivity index (χ4n) is 3.28. The van der Waals surface area contributed by atoms with Crippen molar-refractivity contribution in [1.29, 1.82) is 0 Å². The first kappa shape index (κ1) is 16.3. The van der Waals surface area contributed by atoms with Crippen LogP contribution in [0.25, 0.3) is 10.8 Å². The van der Waals surface area contributed by atoms with Gasteiger partial charge in [-0.25, -0.2) is 0 Å². The molecule has 0 bridgehead atoms. The van der Waals surface area contributed by atoms with E-state index in [4.69, 9.17) is 0 Å². The van der Waals surface area contributed by atoms with Crippen LogP contribution in [0.5, 0.6) is 11.5 Å². The molecule has 0 aliphatic rings. The molecule has 3 aromatic carbocycles. The highest BCUT2D eigenvalue weighted by Gasteiger charge is 2.12. The van der Waals surface area contributed by atoms with Gasteiger partial charge in [0.2, 0.25) is 0 Å². The van der Waals surface area contributed by atoms with Crippen LogP contribution in [-0.2, 0) is 13.1 Å². The fraction of sp³-hybridized carbons (Fsp3) is 0.238. The zero-order valence-electron chi connectivity index (χ0n) is 14.4. The van der Waals surface area contributed by atoms with E-state index in [9.17, 15) is 10.2 Å². The topological polar surface area (TPSA) is 43.7 Å². The monoisotopic (exact) mass is 321 g/mol. The molecule has 2 N–H and O–H groups in total. The molecule has 3 nitrogen and oxygen atoms in total. The maximum Gasteiger partial charge on any atom is 0.122 e. The summed E-state index contributed by atoms with van der Waals surface area (Å²) in [4.78, 5) is 2.11. The van der Waals surface area contributed by atoms with Crippen molar-refractivity contribution in [3.63, 3.8) is 0 Å². The van der Waals surface area contributed by atoms with E-state index in [0.29, 0.717) is 24.6 Å². The van der Waals surface area contributed by atoms with Crippen molar-refractivity contribution in [1.82, 2.24) is 4.90 Å². The lowest BCUT2D eigenvalue weighted by Crippen LogP contribution is -2.18. The number of nitrogens with zero attached hydrogens (tertiary/aromatic N) is 1. The Bertz CT molecular complexity index is 886. The van der Waals surface area contributed by atoms with Crippen LogP contribution < -0.4 is 0 Å². The van der Waals surface area contributed by atoms with Gasteiger partial charge < -0.3 is 10.2 Å². The SMILES string of the molecule is Cc1cc(C)c(O)c(CN(C)Cc2c(O)ccc3ccccc23)c1. The first-order chi connectivity index (χ1) is 11.5. The Labute approximate surface area is 142 Å². The molecule has 0 aliphatic carbocycles. The van der Waals surface area contributed by atoms with Crippen LogP contribution in [0, 0.1) is 13.8 Å². The van der Waals surface area contributed by atoms with Gasteiger partial charge in [-0.05, 0) is 43.3 Å². The summed E-state index contributed by atoms with van der Waals surface area (Å²) in [5.74, 6) is 0.666. The Morgan fingerprint density at radius 1 is 0.917 bits per heavy atom. The molecular weight excluding hydrogens is 298 g/mol. The Morgan fingerprint density at radius 3 is 2.46 bits per heavy atom. The predicted octanol–water partition coefficient (Wildman–Crippen LogP) is 4.50. The number of phenolic OH excluding ortho intramolecular Hbond substituents is 2. The first-order valence-electron chi connectivity index (χ1n) is 8.13. The summed E-state index contributed by atoms with van der Waals surface area (Å²) in [5, 5.41) is 22.8. The molecule has 24 heavy (non-hydrogen) atoms. The van der Waals surface area contributed by atoms with Crippen molar-refractivity contribution in [2.45, 2.75) is 26.9 Å². The Kier molecular flexibility index (Phi) is 4.45. The summed E-state index contributed by atoms with van der Waals surface area (Å²) in [6, 6.07) is 15.8. The van der Waals surface area contributed by atoms with E-state index in [-0.39, 0.29) is 0 Å². The molecule has 0 radical (unpaired) electrons. The van der Waals surface area contributed by atoms with Crippen molar-refractivity contribution >= 4 is 10.8 Å². The van der Waals surface area contributed by atoms with Crippen LogP contribution in [0.2, 0.25) is 0 Å². The van der Waals surface area contributed by atoms with Gasteiger partial charge >= 0.3 is 0 Å². The van der Waals surface area contributed by atoms with Gasteiger partial charge in [0.15, 0.2) is 0 Å². The van der Waals surface area contributed by atoms with Crippen molar-refractivity contribution in [3.8, 4) is 11.5 Å². The average Bonchev–Trinajstić information content (AvgIpc) is 2.55. The second-order valence-corrected chi connectivity index (χ2v) is 6.55. The molecule has 3 aromatic rings. The van der Waals surface area contributed by atoms with Crippen molar-refractivity contribution in [2.75, 3.05) is 7.05 Å². The van der Waals surface area contributed by atoms with E-state index in [2.05, 4.69) is 4.90 Å². The van der Waals surface area contributed by atoms with Crippen LogP contribution in [0.15, 0.2) is 48.5 Å². The molecule has 3 heteroatoms. The van der Waals surface area contributed by atoms with Gasteiger partial charge in [0.25, 0.3) is 0 Å². The smallest absolute Gasteiger partial charge is 0.122 e. The van der Waals surface area contributed by atoms with Crippen molar-refractivity contribution < 1.29 is 10.2 Å². The summed E-state index contributed by atoms with van der Waals surface area (Å²) in [5.41, 5.74) is 3.86. The summed E-state index contributed by atoms with van der Waals surface area (Å²) in [6.07, 6.45) is 0. The highest BCUT2D eigenvalue weighted by Crippen LogP contribution is 2.30. The van der Waals surface area contributed by atoms with E-state index in [1.807, 2.05) is 63.4 Å². The largest absolute Gasteiger partial charge is 0.508 e. The molecule has 0 heterocycles. The molecule has 0 atom stereocenters. The molecule has 124 valence electrons. The number of aryl methyl sites for hydroxylation is 2. The van der Waals surface area contributed by atoms with Crippen LogP contribution in [0.4, 0.5) is 0 Å². The maximum atomic E-state index is 10.3. The lowest BCUT2D eigenvalue weighted by Gasteiger charge is -2.20. The summed E-state index contributed by atoms with van der Waals surface area (Å²) in [6.45, 7) is 5.19. The van der Waals surface area contributed by atoms with Gasteiger partial charge in [-0.3, -0.25) is 4.90 Å². The molecule has 0 aromatic heterocycles.